The van der Waals surface area contributed by atoms with Crippen LogP contribution in [0.4, 0.5) is 4.79 Å². The minimum absolute atomic E-state index is 0.00627. The summed E-state index contributed by atoms with van der Waals surface area (Å²) in [7, 11) is 0. The van der Waals surface area contributed by atoms with Gasteiger partial charge >= 0.3 is 12.0 Å². The molecule has 0 aliphatic carbocycles. The number of rotatable bonds is 4. The summed E-state index contributed by atoms with van der Waals surface area (Å²) in [6.45, 7) is 1.39. The molecule has 3 aliphatic heterocycles. The number of carboxylic acid groups (broad SMARTS) is 1. The molecular weight excluding hydrogens is 272 g/mol. The summed E-state index contributed by atoms with van der Waals surface area (Å²) in [5.41, 5.74) is 0. The van der Waals surface area contributed by atoms with Crippen molar-refractivity contribution in [3.05, 3.63) is 0 Å². The van der Waals surface area contributed by atoms with Crippen molar-refractivity contribution in [3.8, 4) is 0 Å². The van der Waals surface area contributed by atoms with Gasteiger partial charge in [0.1, 0.15) is 0 Å². The van der Waals surface area contributed by atoms with E-state index in [9.17, 15) is 9.59 Å². The molecule has 0 saturated carbocycles. The number of aliphatic carboxylic acids is 1. The van der Waals surface area contributed by atoms with Crippen LogP contribution in [0.15, 0.2) is 0 Å². The van der Waals surface area contributed by atoms with Crippen LogP contribution in [0, 0.1) is 5.92 Å². The average molecular weight is 296 g/mol. The Hall–Kier alpha value is -1.30. The van der Waals surface area contributed by atoms with E-state index in [-0.39, 0.29) is 36.6 Å². The number of urea groups is 1. The van der Waals surface area contributed by atoms with Crippen molar-refractivity contribution in [2.45, 2.75) is 63.1 Å². The molecule has 2 amide bonds. The third kappa shape index (κ3) is 3.31. The van der Waals surface area contributed by atoms with Gasteiger partial charge < -0.3 is 20.1 Å². The Balaban J connectivity index is 1.52. The molecule has 0 aromatic carbocycles. The van der Waals surface area contributed by atoms with Gasteiger partial charge in [-0.1, -0.05) is 0 Å². The highest BCUT2D eigenvalue weighted by Gasteiger charge is 2.43. The highest BCUT2D eigenvalue weighted by Crippen LogP contribution is 2.39. The van der Waals surface area contributed by atoms with Gasteiger partial charge in [0.2, 0.25) is 0 Å². The molecule has 3 saturated heterocycles. The summed E-state index contributed by atoms with van der Waals surface area (Å²) < 4.78 is 5.52. The van der Waals surface area contributed by atoms with Gasteiger partial charge in [0.05, 0.1) is 6.10 Å². The summed E-state index contributed by atoms with van der Waals surface area (Å²) in [6.07, 6.45) is 6.17. The Labute approximate surface area is 124 Å². The van der Waals surface area contributed by atoms with Crippen LogP contribution in [0.3, 0.4) is 0 Å². The van der Waals surface area contributed by atoms with Crippen molar-refractivity contribution in [2.24, 2.45) is 5.92 Å². The largest absolute Gasteiger partial charge is 0.481 e. The van der Waals surface area contributed by atoms with Crippen LogP contribution in [0.1, 0.15) is 44.9 Å². The summed E-state index contributed by atoms with van der Waals surface area (Å²) in [5.74, 6) is -0.502. The van der Waals surface area contributed by atoms with Gasteiger partial charge in [0, 0.05) is 31.7 Å². The van der Waals surface area contributed by atoms with E-state index in [2.05, 4.69) is 5.32 Å². The highest BCUT2D eigenvalue weighted by atomic mass is 16.5. The molecule has 6 heteroatoms. The highest BCUT2D eigenvalue weighted by molar-refractivity contribution is 5.75. The number of amides is 2. The first-order valence-electron chi connectivity index (χ1n) is 8.03. The maximum absolute atomic E-state index is 12.4. The molecule has 0 spiro atoms. The summed E-state index contributed by atoms with van der Waals surface area (Å²) in [4.78, 5) is 25.2. The number of fused-ring (bicyclic) bond motifs is 2. The van der Waals surface area contributed by atoms with Crippen LogP contribution in [0.5, 0.6) is 0 Å². The molecule has 3 fully saturated rings. The molecular formula is C15H24N2O4. The van der Waals surface area contributed by atoms with E-state index >= 15 is 0 Å². The molecule has 3 rings (SSSR count). The predicted octanol–water partition coefficient (Wildman–Crippen LogP) is 1.59. The number of hydrogen-bond acceptors (Lipinski definition) is 3. The van der Waals surface area contributed by atoms with Crippen LogP contribution in [-0.4, -0.2) is 53.3 Å². The smallest absolute Gasteiger partial charge is 0.317 e. The quantitative estimate of drug-likeness (QED) is 0.826. The summed E-state index contributed by atoms with van der Waals surface area (Å²) in [6, 6.07) is 0.446. The number of hydrogen-bond donors (Lipinski definition) is 2. The van der Waals surface area contributed by atoms with Crippen molar-refractivity contribution in [3.63, 3.8) is 0 Å². The molecule has 3 heterocycles. The standard InChI is InChI=1S/C15H24N2O4/c18-14(19)8-10-6-11-3-4-12(7-10)17(11)15(20)16-9-13-2-1-5-21-13/h10-13H,1-9H2,(H,16,20)(H,18,19). The second-order valence-electron chi connectivity index (χ2n) is 6.55. The lowest BCUT2D eigenvalue weighted by Crippen LogP contribution is -2.52. The van der Waals surface area contributed by atoms with Crippen molar-refractivity contribution in [2.75, 3.05) is 13.2 Å². The average Bonchev–Trinajstić information content (AvgIpc) is 3.02. The van der Waals surface area contributed by atoms with Gasteiger partial charge in [-0.2, -0.15) is 0 Å². The SMILES string of the molecule is O=C(O)CC1CC2CCC(C1)N2C(=O)NCC1CCCO1. The zero-order chi connectivity index (χ0) is 14.8. The number of nitrogens with zero attached hydrogens (tertiary/aromatic N) is 1. The molecule has 0 aromatic heterocycles. The first kappa shape index (κ1) is 14.6. The third-order valence-electron chi connectivity index (χ3n) is 5.03. The maximum Gasteiger partial charge on any atom is 0.317 e. The fraction of sp³-hybridized carbons (Fsp3) is 0.867. The Morgan fingerprint density at radius 1 is 1.19 bits per heavy atom. The molecule has 21 heavy (non-hydrogen) atoms. The van der Waals surface area contributed by atoms with Gasteiger partial charge in [0.25, 0.3) is 0 Å². The topological polar surface area (TPSA) is 78.9 Å². The maximum atomic E-state index is 12.4. The second-order valence-corrected chi connectivity index (χ2v) is 6.55. The van der Waals surface area contributed by atoms with Crippen LogP contribution >= 0.6 is 0 Å². The van der Waals surface area contributed by atoms with Crippen LogP contribution in [0.2, 0.25) is 0 Å². The summed E-state index contributed by atoms with van der Waals surface area (Å²) in [5, 5.41) is 11.9. The number of nitrogens with one attached hydrogen (secondary N) is 1. The number of carbonyl (C=O) groups excluding carboxylic acids is 1. The van der Waals surface area contributed by atoms with Crippen LogP contribution < -0.4 is 5.32 Å². The van der Waals surface area contributed by atoms with E-state index < -0.39 is 5.97 Å². The Kier molecular flexibility index (Phi) is 4.33. The zero-order valence-corrected chi connectivity index (χ0v) is 12.3. The fourth-order valence-electron chi connectivity index (χ4n) is 4.13. The number of piperidine rings is 1. The molecule has 118 valence electrons. The molecule has 0 radical (unpaired) electrons. The molecule has 0 aromatic rings. The van der Waals surface area contributed by atoms with Gasteiger partial charge in [-0.3, -0.25) is 4.79 Å². The van der Waals surface area contributed by atoms with Gasteiger partial charge in [-0.05, 0) is 44.4 Å². The molecule has 2 N–H and O–H groups in total. The third-order valence-corrected chi connectivity index (χ3v) is 5.03. The van der Waals surface area contributed by atoms with Crippen LogP contribution in [0.25, 0.3) is 0 Å². The lowest BCUT2D eigenvalue weighted by molar-refractivity contribution is -0.138. The zero-order valence-electron chi connectivity index (χ0n) is 12.3. The van der Waals surface area contributed by atoms with E-state index in [4.69, 9.17) is 9.84 Å². The van der Waals surface area contributed by atoms with Crippen molar-refractivity contribution >= 4 is 12.0 Å². The fourth-order valence-corrected chi connectivity index (χ4v) is 4.13. The minimum Gasteiger partial charge on any atom is -0.481 e. The minimum atomic E-state index is -0.726. The number of ether oxygens (including phenoxy) is 1. The first-order chi connectivity index (χ1) is 10.1. The molecule has 6 nitrogen and oxygen atoms in total. The number of carbonyl (C=O) groups is 2. The monoisotopic (exact) mass is 296 g/mol. The molecule has 3 unspecified atom stereocenters. The van der Waals surface area contributed by atoms with Gasteiger partial charge in [-0.15, -0.1) is 0 Å². The van der Waals surface area contributed by atoms with Crippen molar-refractivity contribution in [1.29, 1.82) is 0 Å². The van der Waals surface area contributed by atoms with E-state index in [1.807, 2.05) is 4.90 Å². The summed E-state index contributed by atoms with van der Waals surface area (Å²) >= 11 is 0. The Bertz CT molecular complexity index is 394. The lowest BCUT2D eigenvalue weighted by Gasteiger charge is -2.38. The van der Waals surface area contributed by atoms with Crippen LogP contribution in [-0.2, 0) is 9.53 Å². The van der Waals surface area contributed by atoms with Gasteiger partial charge in [-0.25, -0.2) is 4.79 Å². The van der Waals surface area contributed by atoms with E-state index in [1.165, 1.54) is 0 Å². The Morgan fingerprint density at radius 3 is 2.48 bits per heavy atom. The van der Waals surface area contributed by atoms with E-state index in [0.29, 0.717) is 6.54 Å². The molecule has 3 aliphatic rings. The second kappa shape index (κ2) is 6.22. The number of carboxylic acids is 1. The van der Waals surface area contributed by atoms with Crippen molar-refractivity contribution in [1.82, 2.24) is 10.2 Å². The van der Waals surface area contributed by atoms with E-state index in [1.54, 1.807) is 0 Å². The Morgan fingerprint density at radius 2 is 1.90 bits per heavy atom. The van der Waals surface area contributed by atoms with E-state index in [0.717, 1.165) is 45.1 Å². The van der Waals surface area contributed by atoms with Crippen molar-refractivity contribution < 1.29 is 19.4 Å². The van der Waals surface area contributed by atoms with Gasteiger partial charge in [0.15, 0.2) is 0 Å². The predicted molar refractivity (Wildman–Crippen MR) is 76.0 cm³/mol. The molecule has 3 atom stereocenters. The molecule has 2 bridgehead atoms. The normalized spacial score (nSPS) is 35.0. The lowest BCUT2D eigenvalue weighted by atomic mass is 9.88. The first-order valence-corrected chi connectivity index (χ1v) is 8.03.